The van der Waals surface area contributed by atoms with E-state index in [9.17, 15) is 4.79 Å². The molecule has 0 aromatic carbocycles. The lowest BCUT2D eigenvalue weighted by atomic mass is 10.3. The van der Waals surface area contributed by atoms with Crippen LogP contribution in [-0.2, 0) is 19.0 Å². The molecule has 2 rings (SSSR count). The fourth-order valence-corrected chi connectivity index (χ4v) is 1.90. The van der Waals surface area contributed by atoms with Crippen LogP contribution in [0.15, 0.2) is 12.0 Å². The molecule has 1 amide bonds. The lowest BCUT2D eigenvalue weighted by Crippen LogP contribution is -2.38. The van der Waals surface area contributed by atoms with Crippen LogP contribution in [0.1, 0.15) is 6.42 Å². The molecular weight excluding hydrogens is 272 g/mol. The minimum absolute atomic E-state index is 0. The van der Waals surface area contributed by atoms with E-state index in [0.717, 1.165) is 39.3 Å². The number of nitrogens with one attached hydrogen (secondary N) is 1. The van der Waals surface area contributed by atoms with Gasteiger partial charge in [0.1, 0.15) is 19.5 Å². The Kier molecular flexibility index (Phi) is 7.62. The molecule has 2 heterocycles. The van der Waals surface area contributed by atoms with E-state index in [1.165, 1.54) is 6.26 Å². The molecule has 1 saturated heterocycles. The number of hydrogen-bond acceptors (Lipinski definition) is 5. The third kappa shape index (κ3) is 5.67. The molecule has 110 valence electrons. The Morgan fingerprint density at radius 1 is 1.26 bits per heavy atom. The van der Waals surface area contributed by atoms with E-state index in [1.54, 1.807) is 0 Å². The fraction of sp³-hybridized carbons (Fsp3) is 0.750. The van der Waals surface area contributed by atoms with Crippen LogP contribution in [0.2, 0.25) is 0 Å². The van der Waals surface area contributed by atoms with Gasteiger partial charge in [-0.2, -0.15) is 0 Å². The molecule has 7 heteroatoms. The van der Waals surface area contributed by atoms with Gasteiger partial charge < -0.3 is 19.5 Å². The van der Waals surface area contributed by atoms with Crippen molar-refractivity contribution in [3.8, 4) is 0 Å². The maximum atomic E-state index is 11.6. The summed E-state index contributed by atoms with van der Waals surface area (Å²) >= 11 is 0. The molecule has 0 spiro atoms. The van der Waals surface area contributed by atoms with Crippen LogP contribution in [0.25, 0.3) is 0 Å². The van der Waals surface area contributed by atoms with Gasteiger partial charge in [-0.25, -0.2) is 0 Å². The molecule has 0 saturated carbocycles. The Balaban J connectivity index is 0.00000180. The highest BCUT2D eigenvalue weighted by atomic mass is 35.5. The highest BCUT2D eigenvalue weighted by molar-refractivity contribution is 5.91. The van der Waals surface area contributed by atoms with Crippen molar-refractivity contribution in [2.24, 2.45) is 0 Å². The van der Waals surface area contributed by atoms with Gasteiger partial charge >= 0.3 is 0 Å². The average molecular weight is 293 g/mol. The average Bonchev–Trinajstić information content (AvgIpc) is 2.45. The van der Waals surface area contributed by atoms with Crippen LogP contribution >= 0.6 is 12.4 Å². The van der Waals surface area contributed by atoms with E-state index >= 15 is 0 Å². The number of rotatable bonds is 5. The van der Waals surface area contributed by atoms with Gasteiger partial charge in [0, 0.05) is 19.6 Å². The number of amides is 1. The Morgan fingerprint density at radius 2 is 2.05 bits per heavy atom. The fourth-order valence-electron chi connectivity index (χ4n) is 1.90. The van der Waals surface area contributed by atoms with Gasteiger partial charge in [0.15, 0.2) is 0 Å². The Morgan fingerprint density at radius 3 is 2.74 bits per heavy atom. The maximum absolute atomic E-state index is 11.6. The standard InChI is InChI=1S/C12H20N2O4.ClH/c15-12(11-10-17-8-9-18-11)13-2-1-3-14-4-6-16-7-5-14;/h10H,1-9H2,(H,13,15);1H. The molecule has 0 radical (unpaired) electrons. The minimum Gasteiger partial charge on any atom is -0.494 e. The van der Waals surface area contributed by atoms with Crippen molar-refractivity contribution < 1.29 is 19.0 Å². The number of nitrogens with zero attached hydrogens (tertiary/aromatic N) is 1. The number of halogens is 1. The SMILES string of the molecule is Cl.O=C(NCCCN1CCOCC1)C1=COCCO1. The van der Waals surface area contributed by atoms with Crippen molar-refractivity contribution in [2.45, 2.75) is 6.42 Å². The van der Waals surface area contributed by atoms with Gasteiger partial charge in [0.05, 0.1) is 13.2 Å². The van der Waals surface area contributed by atoms with Crippen LogP contribution in [0.3, 0.4) is 0 Å². The highest BCUT2D eigenvalue weighted by Gasteiger charge is 2.14. The molecule has 1 fully saturated rings. The summed E-state index contributed by atoms with van der Waals surface area (Å²) in [5.41, 5.74) is 0. The molecule has 19 heavy (non-hydrogen) atoms. The molecule has 0 aliphatic carbocycles. The summed E-state index contributed by atoms with van der Waals surface area (Å²) in [6, 6.07) is 0. The molecule has 0 unspecified atom stereocenters. The van der Waals surface area contributed by atoms with Gasteiger partial charge in [-0.3, -0.25) is 9.69 Å². The zero-order chi connectivity index (χ0) is 12.6. The van der Waals surface area contributed by atoms with Gasteiger partial charge in [-0.05, 0) is 13.0 Å². The first-order chi connectivity index (χ1) is 8.86. The molecule has 6 nitrogen and oxygen atoms in total. The van der Waals surface area contributed by atoms with Gasteiger partial charge in [-0.1, -0.05) is 0 Å². The quantitative estimate of drug-likeness (QED) is 0.730. The van der Waals surface area contributed by atoms with Crippen molar-refractivity contribution >= 4 is 18.3 Å². The maximum Gasteiger partial charge on any atom is 0.289 e. The summed E-state index contributed by atoms with van der Waals surface area (Å²) < 4.78 is 15.5. The number of hydrogen-bond donors (Lipinski definition) is 1. The highest BCUT2D eigenvalue weighted by Crippen LogP contribution is 2.03. The predicted molar refractivity (Wildman–Crippen MR) is 72.1 cm³/mol. The molecule has 2 aliphatic rings. The summed E-state index contributed by atoms with van der Waals surface area (Å²) in [6.07, 6.45) is 2.31. The second-order valence-electron chi connectivity index (χ2n) is 4.26. The van der Waals surface area contributed by atoms with E-state index in [4.69, 9.17) is 14.2 Å². The van der Waals surface area contributed by atoms with Crippen LogP contribution in [0, 0.1) is 0 Å². The van der Waals surface area contributed by atoms with Crippen molar-refractivity contribution in [3.05, 3.63) is 12.0 Å². The van der Waals surface area contributed by atoms with E-state index < -0.39 is 0 Å². The summed E-state index contributed by atoms with van der Waals surface area (Å²) in [5, 5.41) is 2.82. The number of carbonyl (C=O) groups is 1. The van der Waals surface area contributed by atoms with Gasteiger partial charge in [0.2, 0.25) is 5.76 Å². The Bertz CT molecular complexity index is 306. The summed E-state index contributed by atoms with van der Waals surface area (Å²) in [7, 11) is 0. The normalized spacial score (nSPS) is 19.5. The lowest BCUT2D eigenvalue weighted by Gasteiger charge is -2.26. The van der Waals surface area contributed by atoms with E-state index in [0.29, 0.717) is 19.8 Å². The number of ether oxygens (including phenoxy) is 3. The van der Waals surface area contributed by atoms with Crippen LogP contribution in [-0.4, -0.2) is 63.4 Å². The first-order valence-electron chi connectivity index (χ1n) is 6.39. The molecular formula is C12H21ClN2O4. The predicted octanol–water partition coefficient (Wildman–Crippen LogP) is 0.135. The summed E-state index contributed by atoms with van der Waals surface area (Å²) in [4.78, 5) is 14.0. The van der Waals surface area contributed by atoms with Crippen LogP contribution in [0.4, 0.5) is 0 Å². The third-order valence-electron chi connectivity index (χ3n) is 2.91. The van der Waals surface area contributed by atoms with Crippen molar-refractivity contribution in [2.75, 3.05) is 52.6 Å². The minimum atomic E-state index is -0.198. The van der Waals surface area contributed by atoms with Crippen LogP contribution < -0.4 is 5.32 Å². The lowest BCUT2D eigenvalue weighted by molar-refractivity contribution is -0.122. The first-order valence-corrected chi connectivity index (χ1v) is 6.39. The molecule has 0 aromatic rings. The molecule has 0 aromatic heterocycles. The number of carbonyl (C=O) groups excluding carboxylic acids is 1. The topological polar surface area (TPSA) is 60.0 Å². The van der Waals surface area contributed by atoms with Crippen molar-refractivity contribution in [1.82, 2.24) is 10.2 Å². The van der Waals surface area contributed by atoms with E-state index in [-0.39, 0.29) is 24.1 Å². The second-order valence-corrected chi connectivity index (χ2v) is 4.26. The zero-order valence-corrected chi connectivity index (χ0v) is 11.7. The molecule has 0 bridgehead atoms. The monoisotopic (exact) mass is 292 g/mol. The molecule has 1 N–H and O–H groups in total. The van der Waals surface area contributed by atoms with Crippen molar-refractivity contribution in [3.63, 3.8) is 0 Å². The number of morpholine rings is 1. The zero-order valence-electron chi connectivity index (χ0n) is 10.9. The first kappa shape index (κ1) is 16.1. The molecule has 2 aliphatic heterocycles. The second kappa shape index (κ2) is 9.01. The van der Waals surface area contributed by atoms with Gasteiger partial charge in [0.25, 0.3) is 5.91 Å². The van der Waals surface area contributed by atoms with E-state index in [2.05, 4.69) is 10.2 Å². The van der Waals surface area contributed by atoms with Crippen LogP contribution in [0.5, 0.6) is 0 Å². The third-order valence-corrected chi connectivity index (χ3v) is 2.91. The summed E-state index contributed by atoms with van der Waals surface area (Å²) in [6.45, 7) is 6.17. The van der Waals surface area contributed by atoms with E-state index in [1.807, 2.05) is 0 Å². The smallest absolute Gasteiger partial charge is 0.289 e. The Hall–Kier alpha value is -0.980. The summed E-state index contributed by atoms with van der Waals surface area (Å²) in [5.74, 6) is 0.0734. The largest absolute Gasteiger partial charge is 0.494 e. The van der Waals surface area contributed by atoms with Gasteiger partial charge in [-0.15, -0.1) is 12.4 Å². The Labute approximate surface area is 119 Å². The molecule has 0 atom stereocenters. The van der Waals surface area contributed by atoms with Crippen molar-refractivity contribution in [1.29, 1.82) is 0 Å².